The Labute approximate surface area is 128 Å². The molecule has 4 nitrogen and oxygen atoms in total. The van der Waals surface area contributed by atoms with Crippen LogP contribution in [0.4, 0.5) is 0 Å². The van der Waals surface area contributed by atoms with Gasteiger partial charge in [-0.3, -0.25) is 4.21 Å². The predicted octanol–water partition coefficient (Wildman–Crippen LogP) is 2.60. The molecule has 0 aromatic heterocycles. The minimum absolute atomic E-state index is 0.198. The summed E-state index contributed by atoms with van der Waals surface area (Å²) in [5.41, 5.74) is 0.953. The fourth-order valence-electron chi connectivity index (χ4n) is 1.76. The Morgan fingerprint density at radius 2 is 2.05 bits per heavy atom. The number of hydrogen-bond donors (Lipinski definition) is 1. The maximum atomic E-state index is 11.2. The van der Waals surface area contributed by atoms with E-state index < -0.39 is 10.8 Å². The van der Waals surface area contributed by atoms with E-state index in [4.69, 9.17) is 21.1 Å². The highest BCUT2D eigenvalue weighted by atomic mass is 35.5. The number of halogens is 1. The van der Waals surface area contributed by atoms with Crippen molar-refractivity contribution in [1.82, 2.24) is 5.32 Å². The van der Waals surface area contributed by atoms with Gasteiger partial charge in [-0.2, -0.15) is 0 Å². The fourth-order valence-corrected chi connectivity index (χ4v) is 2.51. The molecule has 0 saturated heterocycles. The van der Waals surface area contributed by atoms with E-state index in [1.165, 1.54) is 0 Å². The SMILES string of the molecule is COc1ccc(CNCCC(C)S(C)=O)c(Cl)c1OC. The van der Waals surface area contributed by atoms with Crippen molar-refractivity contribution in [3.8, 4) is 11.5 Å². The molecule has 1 aromatic rings. The fraction of sp³-hybridized carbons (Fsp3) is 0.571. The van der Waals surface area contributed by atoms with Gasteiger partial charge in [0, 0.05) is 28.9 Å². The quantitative estimate of drug-likeness (QED) is 0.748. The molecular formula is C14H22ClNO3S. The predicted molar refractivity (Wildman–Crippen MR) is 84.4 cm³/mol. The van der Waals surface area contributed by atoms with Crippen molar-refractivity contribution in [2.45, 2.75) is 25.1 Å². The second kappa shape index (κ2) is 8.49. The van der Waals surface area contributed by atoms with Crippen molar-refractivity contribution < 1.29 is 13.7 Å². The van der Waals surface area contributed by atoms with Crippen molar-refractivity contribution in [2.75, 3.05) is 27.0 Å². The largest absolute Gasteiger partial charge is 0.493 e. The number of benzene rings is 1. The molecule has 0 aliphatic carbocycles. The van der Waals surface area contributed by atoms with Gasteiger partial charge in [0.25, 0.3) is 0 Å². The maximum absolute atomic E-state index is 11.2. The lowest BCUT2D eigenvalue weighted by molar-refractivity contribution is 0.354. The van der Waals surface area contributed by atoms with Gasteiger partial charge in [-0.15, -0.1) is 0 Å². The summed E-state index contributed by atoms with van der Waals surface area (Å²) in [5, 5.41) is 4.06. The second-order valence-electron chi connectivity index (χ2n) is 4.55. The monoisotopic (exact) mass is 319 g/mol. The van der Waals surface area contributed by atoms with Gasteiger partial charge in [0.05, 0.1) is 19.2 Å². The minimum Gasteiger partial charge on any atom is -0.493 e. The molecule has 0 amide bonds. The lowest BCUT2D eigenvalue weighted by Gasteiger charge is -2.14. The summed E-state index contributed by atoms with van der Waals surface area (Å²) in [4.78, 5) is 0. The maximum Gasteiger partial charge on any atom is 0.179 e. The zero-order chi connectivity index (χ0) is 15.1. The number of nitrogens with one attached hydrogen (secondary N) is 1. The topological polar surface area (TPSA) is 47.6 Å². The molecule has 0 bridgehead atoms. The van der Waals surface area contributed by atoms with Gasteiger partial charge in [-0.25, -0.2) is 0 Å². The molecule has 1 rings (SSSR count). The van der Waals surface area contributed by atoms with Crippen LogP contribution < -0.4 is 14.8 Å². The van der Waals surface area contributed by atoms with Crippen molar-refractivity contribution >= 4 is 22.4 Å². The summed E-state index contributed by atoms with van der Waals surface area (Å²) in [7, 11) is 2.38. The third kappa shape index (κ3) is 4.65. The van der Waals surface area contributed by atoms with E-state index in [-0.39, 0.29) is 5.25 Å². The number of ether oxygens (including phenoxy) is 2. The lowest BCUT2D eigenvalue weighted by atomic mass is 10.2. The second-order valence-corrected chi connectivity index (χ2v) is 6.73. The molecule has 114 valence electrons. The third-order valence-electron chi connectivity index (χ3n) is 3.17. The Morgan fingerprint density at radius 1 is 1.35 bits per heavy atom. The van der Waals surface area contributed by atoms with Crippen molar-refractivity contribution in [3.63, 3.8) is 0 Å². The first-order chi connectivity index (χ1) is 9.51. The first-order valence-corrected chi connectivity index (χ1v) is 8.43. The van der Waals surface area contributed by atoms with E-state index in [2.05, 4.69) is 5.32 Å². The van der Waals surface area contributed by atoms with Crippen LogP contribution in [0.5, 0.6) is 11.5 Å². The molecule has 0 saturated carbocycles. The van der Waals surface area contributed by atoms with Crippen LogP contribution >= 0.6 is 11.6 Å². The molecule has 0 heterocycles. The van der Waals surface area contributed by atoms with Gasteiger partial charge in [-0.05, 0) is 24.6 Å². The van der Waals surface area contributed by atoms with Crippen LogP contribution in [-0.4, -0.2) is 36.5 Å². The average molecular weight is 320 g/mol. The smallest absolute Gasteiger partial charge is 0.179 e. The van der Waals surface area contributed by atoms with Crippen LogP contribution in [0.15, 0.2) is 12.1 Å². The Morgan fingerprint density at radius 3 is 2.60 bits per heavy atom. The van der Waals surface area contributed by atoms with Gasteiger partial charge in [0.15, 0.2) is 11.5 Å². The van der Waals surface area contributed by atoms with Crippen LogP contribution in [0.3, 0.4) is 0 Å². The number of hydrogen-bond acceptors (Lipinski definition) is 4. The van der Waals surface area contributed by atoms with E-state index in [1.807, 2.05) is 19.1 Å². The van der Waals surface area contributed by atoms with Crippen LogP contribution in [0.25, 0.3) is 0 Å². The van der Waals surface area contributed by atoms with Gasteiger partial charge in [-0.1, -0.05) is 24.6 Å². The van der Waals surface area contributed by atoms with E-state index >= 15 is 0 Å². The summed E-state index contributed by atoms with van der Waals surface area (Å²) >= 11 is 6.29. The Balaban J connectivity index is 2.59. The van der Waals surface area contributed by atoms with Gasteiger partial charge < -0.3 is 14.8 Å². The van der Waals surface area contributed by atoms with E-state index in [1.54, 1.807) is 20.5 Å². The summed E-state index contributed by atoms with van der Waals surface area (Å²) in [5.74, 6) is 1.17. The zero-order valence-electron chi connectivity index (χ0n) is 12.4. The molecule has 0 fully saturated rings. The highest BCUT2D eigenvalue weighted by Gasteiger charge is 2.13. The average Bonchev–Trinajstić information content (AvgIpc) is 2.43. The van der Waals surface area contributed by atoms with Crippen LogP contribution in [-0.2, 0) is 17.3 Å². The lowest BCUT2D eigenvalue weighted by Crippen LogP contribution is -2.21. The molecule has 1 aromatic carbocycles. The minimum atomic E-state index is -0.775. The van der Waals surface area contributed by atoms with Crippen LogP contribution in [0, 0.1) is 0 Å². The first-order valence-electron chi connectivity index (χ1n) is 6.43. The summed E-state index contributed by atoms with van der Waals surface area (Å²) < 4.78 is 21.7. The van der Waals surface area contributed by atoms with E-state index in [9.17, 15) is 4.21 Å². The Hall–Kier alpha value is -0.780. The Kier molecular flexibility index (Phi) is 7.34. The molecule has 0 spiro atoms. The van der Waals surface area contributed by atoms with Gasteiger partial charge in [0.1, 0.15) is 0 Å². The molecule has 6 heteroatoms. The first kappa shape index (κ1) is 17.3. The summed E-state index contributed by atoms with van der Waals surface area (Å²) in [6.07, 6.45) is 2.60. The van der Waals surface area contributed by atoms with Crippen molar-refractivity contribution in [1.29, 1.82) is 0 Å². The molecule has 0 aliphatic heterocycles. The Bertz CT molecular complexity index is 468. The third-order valence-corrected chi connectivity index (χ3v) is 4.96. The zero-order valence-corrected chi connectivity index (χ0v) is 13.9. The standard InChI is InChI=1S/C14H22ClNO3S/c1-10(20(4)17)7-8-16-9-11-5-6-12(18-2)14(19-3)13(11)15/h5-6,10,16H,7-9H2,1-4H3. The molecule has 0 radical (unpaired) electrons. The highest BCUT2D eigenvalue weighted by Crippen LogP contribution is 2.37. The van der Waals surface area contributed by atoms with Crippen LogP contribution in [0.1, 0.15) is 18.9 Å². The molecular weight excluding hydrogens is 298 g/mol. The van der Waals surface area contributed by atoms with E-state index in [0.29, 0.717) is 23.1 Å². The molecule has 2 atom stereocenters. The summed E-state index contributed by atoms with van der Waals surface area (Å²) in [6.45, 7) is 3.43. The number of methoxy groups -OCH3 is 2. The molecule has 1 N–H and O–H groups in total. The summed E-state index contributed by atoms with van der Waals surface area (Å²) in [6, 6.07) is 3.75. The van der Waals surface area contributed by atoms with Crippen molar-refractivity contribution in [3.05, 3.63) is 22.7 Å². The molecule has 20 heavy (non-hydrogen) atoms. The molecule has 0 aliphatic rings. The highest BCUT2D eigenvalue weighted by molar-refractivity contribution is 7.84. The van der Waals surface area contributed by atoms with E-state index in [0.717, 1.165) is 18.5 Å². The van der Waals surface area contributed by atoms with Crippen LogP contribution in [0.2, 0.25) is 5.02 Å². The molecule has 2 unspecified atom stereocenters. The number of rotatable bonds is 8. The van der Waals surface area contributed by atoms with Crippen molar-refractivity contribution in [2.24, 2.45) is 0 Å². The normalized spacial score (nSPS) is 13.8. The van der Waals surface area contributed by atoms with Gasteiger partial charge in [0.2, 0.25) is 0 Å². The van der Waals surface area contributed by atoms with Gasteiger partial charge >= 0.3 is 0 Å².